The molecule has 0 saturated heterocycles. The number of carboxylic acids is 2. The molecule has 0 fully saturated rings. The minimum absolute atomic E-state index is 0.0251. The van der Waals surface area contributed by atoms with E-state index < -0.39 is 11.9 Å². The Morgan fingerprint density at radius 2 is 1.61 bits per heavy atom. The van der Waals surface area contributed by atoms with Crippen molar-refractivity contribution in [3.05, 3.63) is 83.3 Å². The van der Waals surface area contributed by atoms with E-state index in [9.17, 15) is 19.5 Å². The second-order valence-corrected chi connectivity index (χ2v) is 13.3. The smallest absolute Gasteiger partial charge is 0.322 e. The van der Waals surface area contributed by atoms with Crippen LogP contribution < -0.4 is 30.7 Å². The number of benzene rings is 2. The van der Waals surface area contributed by atoms with Crippen LogP contribution in [0, 0.1) is 0 Å². The first-order chi connectivity index (χ1) is 25.8. The third-order valence-corrected chi connectivity index (χ3v) is 8.55. The number of likely N-dealkylation sites (N-methyl/N-ethyl adjacent to an activating group) is 1. The Kier molecular flexibility index (Phi) is 15.1. The largest absolute Gasteiger partial charge is 0.488 e. The molecule has 0 aliphatic carbocycles. The lowest BCUT2D eigenvalue weighted by atomic mass is 9.67. The standard InChI is InChI=1S/C38H48BN7O7S/c1-25-20-26(2)43-32(25)22-29-12-11-28(46(29)39(3)4)13-15-35(47)45(5)17-16-40-38(54)44-27-10-14-31(42-24-37(50)51)34(21-27)53-19-18-52-33-9-7-6-8-30(33)41-23-36(48)49/h6-12,14,20-22,41-42H,13,15-19,23-24H2,1-5H3,(H,48,49)(H,50,51)(H2,40,44,54)/b32-22-. The minimum Gasteiger partial charge on any atom is -0.488 e. The van der Waals surface area contributed by atoms with Gasteiger partial charge in [0.25, 0.3) is 6.85 Å². The van der Waals surface area contributed by atoms with E-state index in [2.05, 4.69) is 75.6 Å². The van der Waals surface area contributed by atoms with Crippen molar-refractivity contribution in [2.45, 2.75) is 40.3 Å². The predicted molar refractivity (Wildman–Crippen MR) is 218 cm³/mol. The highest BCUT2D eigenvalue weighted by molar-refractivity contribution is 7.80. The number of para-hydroxylation sites is 2. The number of nitrogens with zero attached hydrogens (tertiary/aromatic N) is 3. The quantitative estimate of drug-likeness (QED) is 0.0507. The van der Waals surface area contributed by atoms with Crippen LogP contribution in [-0.4, -0.2) is 102 Å². The molecule has 2 aromatic carbocycles. The SMILES string of the molecule is CB(C)n1c(/C=C2\N=C(C)C=C2C)ccc1CCC(=O)N(C)CCNC(=S)Nc1ccc(NCC(=O)O)c(OCCOc2ccccc2NCC(=O)O)c1. The summed E-state index contributed by atoms with van der Waals surface area (Å²) in [4.78, 5) is 41.5. The minimum atomic E-state index is -1.03. The van der Waals surface area contributed by atoms with Crippen LogP contribution in [0.4, 0.5) is 17.1 Å². The van der Waals surface area contributed by atoms with Crippen LogP contribution in [0.15, 0.2) is 76.9 Å². The monoisotopic (exact) mass is 757 g/mol. The molecule has 0 saturated carbocycles. The average Bonchev–Trinajstić information content (AvgIpc) is 3.68. The third-order valence-electron chi connectivity index (χ3n) is 8.30. The second-order valence-electron chi connectivity index (χ2n) is 12.9. The fourth-order valence-corrected chi connectivity index (χ4v) is 5.98. The molecule has 0 spiro atoms. The number of carbonyl (C=O) groups excluding carboxylic acids is 1. The van der Waals surface area contributed by atoms with Crippen molar-refractivity contribution in [3.63, 3.8) is 0 Å². The molecule has 0 bridgehead atoms. The van der Waals surface area contributed by atoms with E-state index in [0.29, 0.717) is 59.6 Å². The van der Waals surface area contributed by atoms with Crippen molar-refractivity contribution in [3.8, 4) is 11.5 Å². The summed E-state index contributed by atoms with van der Waals surface area (Å²) in [5.74, 6) is -1.17. The molecule has 14 nitrogen and oxygen atoms in total. The highest BCUT2D eigenvalue weighted by atomic mass is 32.1. The molecule has 1 aliphatic rings. The Morgan fingerprint density at radius 3 is 2.26 bits per heavy atom. The van der Waals surface area contributed by atoms with Crippen molar-refractivity contribution >= 4 is 70.9 Å². The molecule has 1 aliphatic heterocycles. The molecule has 0 radical (unpaired) electrons. The Hall–Kier alpha value is -5.77. The molecule has 4 rings (SSSR count). The first-order valence-corrected chi connectivity index (χ1v) is 18.1. The van der Waals surface area contributed by atoms with Crippen molar-refractivity contribution in [2.24, 2.45) is 4.99 Å². The van der Waals surface area contributed by atoms with Crippen LogP contribution in [-0.2, 0) is 20.8 Å². The van der Waals surface area contributed by atoms with E-state index in [-0.39, 0.29) is 39.1 Å². The van der Waals surface area contributed by atoms with Crippen LogP contribution >= 0.6 is 12.2 Å². The molecule has 2 heterocycles. The van der Waals surface area contributed by atoms with E-state index in [1.807, 2.05) is 6.92 Å². The molecule has 286 valence electrons. The fraction of sp³-hybridized carbons (Fsp3) is 0.342. The number of carboxylic acid groups (broad SMARTS) is 2. The Labute approximate surface area is 321 Å². The zero-order valence-corrected chi connectivity index (χ0v) is 32.1. The first-order valence-electron chi connectivity index (χ1n) is 17.6. The molecule has 1 amide bonds. The van der Waals surface area contributed by atoms with E-state index in [1.54, 1.807) is 54.4 Å². The lowest BCUT2D eigenvalue weighted by Crippen LogP contribution is -2.38. The molecule has 0 atom stereocenters. The number of thiocarbonyl (C=S) groups is 1. The van der Waals surface area contributed by atoms with Gasteiger partial charge in [0.2, 0.25) is 5.91 Å². The van der Waals surface area contributed by atoms with Crippen LogP contribution in [0.2, 0.25) is 13.6 Å². The van der Waals surface area contributed by atoms with E-state index >= 15 is 0 Å². The Morgan fingerprint density at radius 1 is 0.944 bits per heavy atom. The van der Waals surface area contributed by atoms with Gasteiger partial charge in [-0.05, 0) is 86.6 Å². The van der Waals surface area contributed by atoms with E-state index in [0.717, 1.165) is 28.4 Å². The number of anilines is 3. The third kappa shape index (κ3) is 12.4. The van der Waals surface area contributed by atoms with Gasteiger partial charge in [-0.25, -0.2) is 0 Å². The summed E-state index contributed by atoms with van der Waals surface area (Å²) in [6.45, 7) is 9.06. The van der Waals surface area contributed by atoms with Crippen LogP contribution in [0.5, 0.6) is 11.5 Å². The molecule has 16 heteroatoms. The lowest BCUT2D eigenvalue weighted by molar-refractivity contribution is -0.135. The summed E-state index contributed by atoms with van der Waals surface area (Å²) >= 11 is 5.50. The molecule has 1 aromatic heterocycles. The average molecular weight is 758 g/mol. The van der Waals surface area contributed by atoms with Crippen molar-refractivity contribution < 1.29 is 34.1 Å². The van der Waals surface area contributed by atoms with Gasteiger partial charge in [-0.3, -0.25) is 19.4 Å². The first kappa shape index (κ1) is 41.0. The van der Waals surface area contributed by atoms with Gasteiger partial charge in [0.05, 0.1) is 17.1 Å². The molecule has 6 N–H and O–H groups in total. The lowest BCUT2D eigenvalue weighted by Gasteiger charge is -2.20. The summed E-state index contributed by atoms with van der Waals surface area (Å²) in [5, 5.41) is 30.4. The number of nitrogens with one attached hydrogen (secondary N) is 4. The molecule has 0 unspecified atom stereocenters. The maximum atomic E-state index is 13.1. The summed E-state index contributed by atoms with van der Waals surface area (Å²) in [6, 6.07) is 16.2. The van der Waals surface area contributed by atoms with E-state index in [4.69, 9.17) is 26.8 Å². The van der Waals surface area contributed by atoms with Crippen LogP contribution in [0.3, 0.4) is 0 Å². The molecule has 3 aromatic rings. The van der Waals surface area contributed by atoms with Gasteiger partial charge in [-0.2, -0.15) is 0 Å². The van der Waals surface area contributed by atoms with Gasteiger partial charge < -0.3 is 50.3 Å². The van der Waals surface area contributed by atoms with Gasteiger partial charge in [0, 0.05) is 55.4 Å². The number of rotatable bonds is 20. The maximum absolute atomic E-state index is 13.1. The van der Waals surface area contributed by atoms with Gasteiger partial charge in [0.15, 0.2) is 5.11 Å². The fourth-order valence-electron chi connectivity index (χ4n) is 5.76. The maximum Gasteiger partial charge on any atom is 0.322 e. The van der Waals surface area contributed by atoms with Crippen LogP contribution in [0.1, 0.15) is 31.7 Å². The zero-order chi connectivity index (χ0) is 39.2. The Balaban J connectivity index is 1.26. The highest BCUT2D eigenvalue weighted by Gasteiger charge is 2.17. The van der Waals surface area contributed by atoms with Crippen molar-refractivity contribution in [1.82, 2.24) is 14.7 Å². The van der Waals surface area contributed by atoms with Gasteiger partial charge in [0.1, 0.15) is 37.8 Å². The summed E-state index contributed by atoms with van der Waals surface area (Å²) in [5.41, 5.74) is 6.85. The number of ether oxygens (including phenoxy) is 2. The van der Waals surface area contributed by atoms with Crippen LogP contribution in [0.25, 0.3) is 6.08 Å². The summed E-state index contributed by atoms with van der Waals surface area (Å²) in [7, 11) is 1.77. The summed E-state index contributed by atoms with van der Waals surface area (Å²) < 4.78 is 14.0. The van der Waals surface area contributed by atoms with Crippen molar-refractivity contribution in [2.75, 3.05) is 62.4 Å². The topological polar surface area (TPSA) is 179 Å². The van der Waals surface area contributed by atoms with Gasteiger partial charge in [-0.15, -0.1) is 0 Å². The molecular weight excluding hydrogens is 709 g/mol. The number of aryl methyl sites for hydroxylation is 1. The number of aromatic nitrogens is 1. The molecular formula is C38H48BN7O7S. The number of hydrogen-bond acceptors (Lipinski definition) is 9. The van der Waals surface area contributed by atoms with Gasteiger partial charge >= 0.3 is 11.9 Å². The number of amides is 1. The number of carbonyl (C=O) groups is 3. The summed E-state index contributed by atoms with van der Waals surface area (Å²) in [6.07, 6.45) is 5.15. The second kappa shape index (κ2) is 19.9. The normalized spacial score (nSPS) is 12.7. The highest BCUT2D eigenvalue weighted by Crippen LogP contribution is 2.29. The zero-order valence-electron chi connectivity index (χ0n) is 31.3. The number of hydrogen-bond donors (Lipinski definition) is 6. The molecule has 54 heavy (non-hydrogen) atoms. The van der Waals surface area contributed by atoms with Gasteiger partial charge in [-0.1, -0.05) is 25.8 Å². The predicted octanol–water partition coefficient (Wildman–Crippen LogP) is 5.18. The number of aliphatic carboxylic acids is 2. The van der Waals surface area contributed by atoms with E-state index in [1.165, 1.54) is 0 Å². The number of aliphatic imine (C=N–C) groups is 1. The number of allylic oxidation sites excluding steroid dienone is 2. The van der Waals surface area contributed by atoms with Crippen molar-refractivity contribution in [1.29, 1.82) is 0 Å². The Bertz CT molecular complexity index is 1920.